The van der Waals surface area contributed by atoms with Gasteiger partial charge in [-0.25, -0.2) is 0 Å². The van der Waals surface area contributed by atoms with E-state index < -0.39 is 0 Å². The Morgan fingerprint density at radius 1 is 0.700 bits per heavy atom. The maximum atomic E-state index is 6.43. The van der Waals surface area contributed by atoms with E-state index in [1.54, 1.807) is 0 Å². The number of hydrogen-bond donors (Lipinski definition) is 2. The lowest BCUT2D eigenvalue weighted by Crippen LogP contribution is -2.35. The molecule has 0 spiro atoms. The Morgan fingerprint density at radius 3 is 1.47 bits per heavy atom. The Balaban J connectivity index is 1.40. The third-order valence-electron chi connectivity index (χ3n) is 5.84. The summed E-state index contributed by atoms with van der Waals surface area (Å²) in [5, 5.41) is 0. The summed E-state index contributed by atoms with van der Waals surface area (Å²) in [5.41, 5.74) is 13.9. The van der Waals surface area contributed by atoms with Crippen molar-refractivity contribution in [2.24, 2.45) is 11.5 Å². The molecule has 6 nitrogen and oxygen atoms in total. The van der Waals surface area contributed by atoms with Crippen LogP contribution in [0.1, 0.15) is 36.2 Å². The molecule has 0 radical (unpaired) electrons. The molecule has 0 saturated carbocycles. The summed E-state index contributed by atoms with van der Waals surface area (Å²) in [6, 6.07) is 20.4. The number of ether oxygens (including phenoxy) is 4. The third kappa shape index (κ3) is 4.91. The Bertz CT molecular complexity index is 695. The summed E-state index contributed by atoms with van der Waals surface area (Å²) < 4.78 is 25.1. The molecular formula is C24H32N2O4. The largest absolute Gasteiger partial charge is 0.370 e. The molecule has 2 aromatic rings. The van der Waals surface area contributed by atoms with Gasteiger partial charge in [-0.2, -0.15) is 0 Å². The van der Waals surface area contributed by atoms with Crippen LogP contribution in [0.15, 0.2) is 60.7 Å². The summed E-state index contributed by atoms with van der Waals surface area (Å²) in [4.78, 5) is 0. The lowest BCUT2D eigenvalue weighted by atomic mass is 10.0. The molecule has 2 aliphatic rings. The summed E-state index contributed by atoms with van der Waals surface area (Å²) in [7, 11) is 0. The molecule has 0 aliphatic carbocycles. The van der Waals surface area contributed by atoms with Crippen molar-refractivity contribution in [3.63, 3.8) is 0 Å². The van der Waals surface area contributed by atoms with Gasteiger partial charge in [0.1, 0.15) is 24.4 Å². The number of fused-ring (bicyclic) bond motifs is 1. The van der Waals surface area contributed by atoms with Gasteiger partial charge < -0.3 is 30.4 Å². The van der Waals surface area contributed by atoms with E-state index in [1.165, 1.54) is 0 Å². The highest BCUT2D eigenvalue weighted by Crippen LogP contribution is 2.36. The highest BCUT2D eigenvalue weighted by atomic mass is 16.6. The molecule has 2 aliphatic heterocycles. The van der Waals surface area contributed by atoms with Gasteiger partial charge in [0.05, 0.1) is 25.4 Å². The molecule has 2 saturated heterocycles. The molecule has 0 amide bonds. The van der Waals surface area contributed by atoms with Crippen LogP contribution in [-0.2, 0) is 18.9 Å². The first kappa shape index (κ1) is 21.4. The summed E-state index contributed by atoms with van der Waals surface area (Å²) in [5.74, 6) is 0. The van der Waals surface area contributed by atoms with Crippen LogP contribution in [0.5, 0.6) is 0 Å². The van der Waals surface area contributed by atoms with Gasteiger partial charge in [-0.05, 0) is 37.1 Å². The minimum atomic E-state index is -0.134. The highest BCUT2D eigenvalue weighted by molar-refractivity contribution is 5.19. The van der Waals surface area contributed by atoms with Gasteiger partial charge >= 0.3 is 0 Å². The van der Waals surface area contributed by atoms with Crippen LogP contribution in [0.4, 0.5) is 0 Å². The predicted octanol–water partition coefficient (Wildman–Crippen LogP) is 2.73. The second-order valence-corrected chi connectivity index (χ2v) is 7.90. The molecule has 2 fully saturated rings. The van der Waals surface area contributed by atoms with Crippen molar-refractivity contribution in [1.29, 1.82) is 0 Å². The van der Waals surface area contributed by atoms with Gasteiger partial charge in [0.25, 0.3) is 0 Å². The SMILES string of the molecule is NCCC(O[C@H]1COC2C1OC[C@@H]2OC(CCN)c1ccccc1)c1ccccc1. The molecule has 4 rings (SSSR count). The number of rotatable bonds is 10. The molecule has 2 heterocycles. The van der Waals surface area contributed by atoms with Crippen LogP contribution < -0.4 is 11.5 Å². The second kappa shape index (κ2) is 10.5. The van der Waals surface area contributed by atoms with Crippen molar-refractivity contribution < 1.29 is 18.9 Å². The Labute approximate surface area is 178 Å². The molecule has 2 aromatic carbocycles. The van der Waals surface area contributed by atoms with Crippen molar-refractivity contribution in [2.45, 2.75) is 49.5 Å². The molecule has 6 heteroatoms. The van der Waals surface area contributed by atoms with Crippen LogP contribution in [0.3, 0.4) is 0 Å². The molecule has 4 N–H and O–H groups in total. The number of nitrogens with two attached hydrogens (primary N) is 2. The molecular weight excluding hydrogens is 380 g/mol. The normalized spacial score (nSPS) is 27.7. The van der Waals surface area contributed by atoms with E-state index in [0.717, 1.165) is 24.0 Å². The topological polar surface area (TPSA) is 89.0 Å². The van der Waals surface area contributed by atoms with Crippen molar-refractivity contribution >= 4 is 0 Å². The van der Waals surface area contributed by atoms with E-state index in [0.29, 0.717) is 26.3 Å². The fourth-order valence-corrected chi connectivity index (χ4v) is 4.35. The van der Waals surface area contributed by atoms with E-state index in [1.807, 2.05) is 36.4 Å². The second-order valence-electron chi connectivity index (χ2n) is 7.90. The van der Waals surface area contributed by atoms with Crippen LogP contribution in [-0.4, -0.2) is 50.7 Å². The van der Waals surface area contributed by atoms with Crippen LogP contribution in [0, 0.1) is 0 Å². The van der Waals surface area contributed by atoms with Crippen LogP contribution in [0.25, 0.3) is 0 Å². The third-order valence-corrected chi connectivity index (χ3v) is 5.84. The van der Waals surface area contributed by atoms with Crippen molar-refractivity contribution in [1.82, 2.24) is 0 Å². The summed E-state index contributed by atoms with van der Waals surface area (Å²) in [6.07, 6.45) is 0.842. The van der Waals surface area contributed by atoms with Gasteiger partial charge in [-0.3, -0.25) is 0 Å². The molecule has 0 aromatic heterocycles. The monoisotopic (exact) mass is 412 g/mol. The first-order chi connectivity index (χ1) is 14.8. The highest BCUT2D eigenvalue weighted by Gasteiger charge is 2.50. The minimum absolute atomic E-state index is 0.0681. The van der Waals surface area contributed by atoms with Crippen molar-refractivity contribution in [3.8, 4) is 0 Å². The van der Waals surface area contributed by atoms with Gasteiger partial charge in [-0.1, -0.05) is 60.7 Å². The molecule has 30 heavy (non-hydrogen) atoms. The van der Waals surface area contributed by atoms with E-state index in [2.05, 4.69) is 24.3 Å². The standard InChI is InChI=1S/C24H32N2O4/c25-13-11-19(17-7-3-1-4-8-17)29-21-15-27-24-22(16-28-23(21)24)30-20(12-14-26)18-9-5-2-6-10-18/h1-10,19-24H,11-16,25-26H2/t19?,20?,21-,22-,23?,24?/m0/s1. The quantitative estimate of drug-likeness (QED) is 0.624. The van der Waals surface area contributed by atoms with Gasteiger partial charge in [0.2, 0.25) is 0 Å². The fraction of sp³-hybridized carbons (Fsp3) is 0.500. The zero-order valence-corrected chi connectivity index (χ0v) is 17.3. The lowest BCUT2D eigenvalue weighted by molar-refractivity contribution is -0.0898. The predicted molar refractivity (Wildman–Crippen MR) is 115 cm³/mol. The zero-order valence-electron chi connectivity index (χ0n) is 17.3. The molecule has 6 atom stereocenters. The lowest BCUT2D eigenvalue weighted by Gasteiger charge is -2.25. The smallest absolute Gasteiger partial charge is 0.115 e. The summed E-state index contributed by atoms with van der Waals surface area (Å²) >= 11 is 0. The van der Waals surface area contributed by atoms with E-state index in [4.69, 9.17) is 30.4 Å². The number of hydrogen-bond acceptors (Lipinski definition) is 6. The van der Waals surface area contributed by atoms with E-state index in [-0.39, 0.29) is 36.6 Å². The number of benzene rings is 2. The molecule has 162 valence electrons. The summed E-state index contributed by atoms with van der Waals surface area (Å²) in [6.45, 7) is 2.11. The van der Waals surface area contributed by atoms with Crippen molar-refractivity contribution in [2.75, 3.05) is 26.3 Å². The molecule has 0 bridgehead atoms. The first-order valence-corrected chi connectivity index (χ1v) is 10.8. The Hall–Kier alpha value is -1.80. The maximum absolute atomic E-state index is 6.43. The van der Waals surface area contributed by atoms with Gasteiger partial charge in [0, 0.05) is 0 Å². The Kier molecular flexibility index (Phi) is 7.49. The van der Waals surface area contributed by atoms with E-state index >= 15 is 0 Å². The maximum Gasteiger partial charge on any atom is 0.115 e. The van der Waals surface area contributed by atoms with Crippen LogP contribution in [0.2, 0.25) is 0 Å². The van der Waals surface area contributed by atoms with Gasteiger partial charge in [-0.15, -0.1) is 0 Å². The first-order valence-electron chi connectivity index (χ1n) is 10.8. The molecule has 4 unspecified atom stereocenters. The fourth-order valence-electron chi connectivity index (χ4n) is 4.35. The average molecular weight is 413 g/mol. The average Bonchev–Trinajstić information content (AvgIpc) is 3.37. The zero-order chi connectivity index (χ0) is 20.8. The minimum Gasteiger partial charge on any atom is -0.370 e. The Morgan fingerprint density at radius 2 is 1.10 bits per heavy atom. The van der Waals surface area contributed by atoms with Crippen molar-refractivity contribution in [3.05, 3.63) is 71.8 Å². The van der Waals surface area contributed by atoms with Gasteiger partial charge in [0.15, 0.2) is 0 Å². The van der Waals surface area contributed by atoms with E-state index in [9.17, 15) is 0 Å². The van der Waals surface area contributed by atoms with Crippen LogP contribution >= 0.6 is 0 Å².